The monoisotopic (exact) mass is 493 g/mol. The maximum Gasteiger partial charge on any atom is 0.240 e. The number of halogens is 1. The van der Waals surface area contributed by atoms with E-state index in [1.54, 1.807) is 24.0 Å². The molecule has 9 heteroatoms. The predicted molar refractivity (Wildman–Crippen MR) is 119 cm³/mol. The largest absolute Gasteiger partial charge is 0.354 e. The summed E-state index contributed by atoms with van der Waals surface area (Å²) >= 11 is 3.38. The van der Waals surface area contributed by atoms with Crippen molar-refractivity contribution in [2.24, 2.45) is 5.92 Å². The number of rotatable bonds is 7. The van der Waals surface area contributed by atoms with Crippen molar-refractivity contribution in [3.05, 3.63) is 58.1 Å². The Balaban J connectivity index is 1.53. The Morgan fingerprint density at radius 3 is 2.67 bits per heavy atom. The molecule has 1 atom stereocenters. The molecular weight excluding hydrogens is 470 g/mol. The Kier molecular flexibility index (Phi) is 6.95. The zero-order valence-corrected chi connectivity index (χ0v) is 19.2. The molecule has 2 N–H and O–H groups in total. The summed E-state index contributed by atoms with van der Waals surface area (Å²) < 4.78 is 28.4. The summed E-state index contributed by atoms with van der Waals surface area (Å²) in [7, 11) is -3.67. The number of anilines is 1. The molecule has 0 spiro atoms. The van der Waals surface area contributed by atoms with E-state index in [0.29, 0.717) is 18.5 Å². The number of aryl methyl sites for hydroxylation is 2. The molecule has 0 radical (unpaired) electrons. The number of nitrogens with one attached hydrogen (secondary N) is 2. The number of nitrogens with zero attached hydrogens (tertiary/aromatic N) is 1. The van der Waals surface area contributed by atoms with Gasteiger partial charge in [0, 0.05) is 29.8 Å². The second-order valence-electron chi connectivity index (χ2n) is 7.27. The van der Waals surface area contributed by atoms with Crippen LogP contribution in [0.5, 0.6) is 0 Å². The molecule has 2 amide bonds. The molecule has 1 heterocycles. The van der Waals surface area contributed by atoms with Gasteiger partial charge in [-0.3, -0.25) is 9.59 Å². The van der Waals surface area contributed by atoms with Gasteiger partial charge in [0.25, 0.3) is 0 Å². The minimum atomic E-state index is -3.67. The molecule has 7 nitrogen and oxygen atoms in total. The fourth-order valence-corrected chi connectivity index (χ4v) is 5.14. The third-order valence-electron chi connectivity index (χ3n) is 4.99. The molecule has 0 saturated carbocycles. The van der Waals surface area contributed by atoms with Crippen molar-refractivity contribution in [2.45, 2.75) is 25.2 Å². The van der Waals surface area contributed by atoms with Crippen molar-refractivity contribution in [1.29, 1.82) is 0 Å². The Bertz CT molecular complexity index is 1070. The number of hydrogen-bond donors (Lipinski definition) is 2. The Morgan fingerprint density at radius 2 is 1.93 bits per heavy atom. The molecule has 2 aromatic carbocycles. The second-order valence-corrected chi connectivity index (χ2v) is 9.92. The Hall–Kier alpha value is -2.23. The lowest BCUT2D eigenvalue weighted by Gasteiger charge is -2.17. The molecule has 1 unspecified atom stereocenters. The Morgan fingerprint density at radius 1 is 1.17 bits per heavy atom. The van der Waals surface area contributed by atoms with Crippen LogP contribution in [-0.2, 0) is 19.6 Å². The zero-order chi connectivity index (χ0) is 21.9. The molecule has 2 aromatic rings. The summed E-state index contributed by atoms with van der Waals surface area (Å²) in [6, 6.07) is 12.6. The van der Waals surface area contributed by atoms with Crippen LogP contribution < -0.4 is 14.9 Å². The lowest BCUT2D eigenvalue weighted by atomic mass is 10.1. The van der Waals surface area contributed by atoms with Crippen LogP contribution in [0.15, 0.2) is 51.8 Å². The third kappa shape index (κ3) is 5.08. The SMILES string of the molecule is Cc1ccc(C)c(S(=O)(=O)NCCNC(=O)C2CCN(c3cccc(Br)c3)C2=O)c1. The highest BCUT2D eigenvalue weighted by atomic mass is 79.9. The quantitative estimate of drug-likeness (QED) is 0.457. The van der Waals surface area contributed by atoms with Crippen LogP contribution in [0.25, 0.3) is 0 Å². The van der Waals surface area contributed by atoms with Crippen molar-refractivity contribution < 1.29 is 18.0 Å². The van der Waals surface area contributed by atoms with Crippen molar-refractivity contribution in [3.8, 4) is 0 Å². The molecule has 1 aliphatic heterocycles. The van der Waals surface area contributed by atoms with Gasteiger partial charge in [-0.1, -0.05) is 34.1 Å². The van der Waals surface area contributed by atoms with Crippen LogP contribution in [-0.4, -0.2) is 39.9 Å². The van der Waals surface area contributed by atoms with E-state index in [0.717, 1.165) is 15.7 Å². The summed E-state index contributed by atoms with van der Waals surface area (Å²) in [5.74, 6) is -1.40. The van der Waals surface area contributed by atoms with E-state index in [9.17, 15) is 18.0 Å². The molecule has 0 aliphatic carbocycles. The summed E-state index contributed by atoms with van der Waals surface area (Å²) in [4.78, 5) is 26.9. The van der Waals surface area contributed by atoms with E-state index in [-0.39, 0.29) is 29.8 Å². The summed E-state index contributed by atoms with van der Waals surface area (Å²) in [5, 5.41) is 2.67. The van der Waals surface area contributed by atoms with Crippen molar-refractivity contribution in [3.63, 3.8) is 0 Å². The Labute approximate surface area is 185 Å². The van der Waals surface area contributed by atoms with Gasteiger partial charge in [0.1, 0.15) is 5.92 Å². The van der Waals surface area contributed by atoms with Gasteiger partial charge in [-0.15, -0.1) is 0 Å². The first-order valence-corrected chi connectivity index (χ1v) is 11.9. The molecular formula is C21H24BrN3O4S. The molecule has 30 heavy (non-hydrogen) atoms. The number of hydrogen-bond acceptors (Lipinski definition) is 4. The standard InChI is InChI=1S/C21H24BrN3O4S/c1-14-6-7-15(2)19(12-14)30(28,29)24-10-9-23-20(26)18-8-11-25(21(18)27)17-5-3-4-16(22)13-17/h3-7,12-13,18,24H,8-11H2,1-2H3,(H,23,26). The van der Waals surface area contributed by atoms with E-state index in [2.05, 4.69) is 26.0 Å². The predicted octanol–water partition coefficient (Wildman–Crippen LogP) is 2.51. The fourth-order valence-electron chi connectivity index (χ4n) is 3.39. The molecule has 0 aromatic heterocycles. The molecule has 1 saturated heterocycles. The molecule has 1 aliphatic rings. The van der Waals surface area contributed by atoms with Gasteiger partial charge in [0.2, 0.25) is 21.8 Å². The summed E-state index contributed by atoms with van der Waals surface area (Å²) in [6.45, 7) is 4.17. The second kappa shape index (κ2) is 9.28. The number of benzene rings is 2. The van der Waals surface area contributed by atoms with Gasteiger partial charge in [-0.2, -0.15) is 0 Å². The van der Waals surface area contributed by atoms with Gasteiger partial charge in [0.15, 0.2) is 0 Å². The lowest BCUT2D eigenvalue weighted by Crippen LogP contribution is -2.40. The average Bonchev–Trinajstić information content (AvgIpc) is 3.08. The van der Waals surface area contributed by atoms with E-state index >= 15 is 0 Å². The molecule has 160 valence electrons. The smallest absolute Gasteiger partial charge is 0.240 e. The minimum absolute atomic E-state index is 0.0394. The number of carbonyl (C=O) groups is 2. The average molecular weight is 494 g/mol. The maximum atomic E-state index is 12.6. The van der Waals surface area contributed by atoms with Crippen molar-refractivity contribution in [1.82, 2.24) is 10.0 Å². The van der Waals surface area contributed by atoms with Gasteiger partial charge in [-0.25, -0.2) is 13.1 Å². The molecule has 0 bridgehead atoms. The molecule has 1 fully saturated rings. The number of carbonyl (C=O) groups excluding carboxylic acids is 2. The van der Waals surface area contributed by atoms with Gasteiger partial charge >= 0.3 is 0 Å². The summed E-state index contributed by atoms with van der Waals surface area (Å²) in [5.41, 5.74) is 2.25. The highest BCUT2D eigenvalue weighted by molar-refractivity contribution is 9.10. The number of amides is 2. The normalized spacial score (nSPS) is 16.7. The highest BCUT2D eigenvalue weighted by Gasteiger charge is 2.37. The van der Waals surface area contributed by atoms with Crippen LogP contribution in [0, 0.1) is 19.8 Å². The number of sulfonamides is 1. The van der Waals surface area contributed by atoms with Crippen LogP contribution >= 0.6 is 15.9 Å². The van der Waals surface area contributed by atoms with Gasteiger partial charge in [0.05, 0.1) is 4.90 Å². The third-order valence-corrected chi connectivity index (χ3v) is 7.09. The van der Waals surface area contributed by atoms with Crippen LogP contribution in [0.2, 0.25) is 0 Å². The van der Waals surface area contributed by atoms with Gasteiger partial charge < -0.3 is 10.2 Å². The minimum Gasteiger partial charge on any atom is -0.354 e. The van der Waals surface area contributed by atoms with Crippen molar-refractivity contribution >= 4 is 43.5 Å². The zero-order valence-electron chi connectivity index (χ0n) is 16.8. The van der Waals surface area contributed by atoms with Crippen LogP contribution in [0.4, 0.5) is 5.69 Å². The van der Waals surface area contributed by atoms with E-state index in [4.69, 9.17) is 0 Å². The maximum absolute atomic E-state index is 12.6. The topological polar surface area (TPSA) is 95.6 Å². The van der Waals surface area contributed by atoms with Gasteiger partial charge in [-0.05, 0) is 55.7 Å². The lowest BCUT2D eigenvalue weighted by molar-refractivity contribution is -0.132. The first-order valence-electron chi connectivity index (χ1n) is 9.60. The van der Waals surface area contributed by atoms with E-state index < -0.39 is 15.9 Å². The first kappa shape index (κ1) is 22.5. The molecule has 3 rings (SSSR count). The fraction of sp³-hybridized carbons (Fsp3) is 0.333. The van der Waals surface area contributed by atoms with Crippen LogP contribution in [0.3, 0.4) is 0 Å². The van der Waals surface area contributed by atoms with Crippen LogP contribution in [0.1, 0.15) is 17.5 Å². The van der Waals surface area contributed by atoms with E-state index in [1.807, 2.05) is 37.3 Å². The summed E-state index contributed by atoms with van der Waals surface area (Å²) in [6.07, 6.45) is 0.422. The first-order chi connectivity index (χ1) is 14.2. The van der Waals surface area contributed by atoms with Crippen molar-refractivity contribution in [2.75, 3.05) is 24.5 Å². The highest BCUT2D eigenvalue weighted by Crippen LogP contribution is 2.27. The van der Waals surface area contributed by atoms with E-state index in [1.165, 1.54) is 0 Å².